The van der Waals surface area contributed by atoms with Crippen LogP contribution in [0.15, 0.2) is 42.5 Å². The van der Waals surface area contributed by atoms with Gasteiger partial charge in [-0.05, 0) is 54.7 Å². The lowest BCUT2D eigenvalue weighted by molar-refractivity contribution is -0.139. The Labute approximate surface area is 148 Å². The highest BCUT2D eigenvalue weighted by atomic mass is 35.5. The van der Waals surface area contributed by atoms with Crippen LogP contribution in [0.2, 0.25) is 5.02 Å². The zero-order valence-electron chi connectivity index (χ0n) is 14.1. The Morgan fingerprint density at radius 1 is 1.25 bits per heavy atom. The van der Waals surface area contributed by atoms with Gasteiger partial charge in [-0.25, -0.2) is 0 Å². The van der Waals surface area contributed by atoms with Crippen molar-refractivity contribution in [2.45, 2.75) is 39.3 Å². The van der Waals surface area contributed by atoms with Crippen molar-refractivity contribution in [3.05, 3.63) is 64.2 Å². The van der Waals surface area contributed by atoms with Crippen LogP contribution in [-0.4, -0.2) is 23.5 Å². The molecule has 1 aliphatic heterocycles. The fourth-order valence-electron chi connectivity index (χ4n) is 3.05. The number of rotatable bonds is 4. The van der Waals surface area contributed by atoms with Gasteiger partial charge < -0.3 is 9.64 Å². The molecule has 0 aliphatic carbocycles. The Balaban J connectivity index is 1.71. The van der Waals surface area contributed by atoms with E-state index in [1.165, 1.54) is 11.1 Å². The number of ether oxygens (including phenoxy) is 1. The topological polar surface area (TPSA) is 29.5 Å². The molecule has 0 saturated carbocycles. The van der Waals surface area contributed by atoms with Crippen molar-refractivity contribution in [1.29, 1.82) is 0 Å². The van der Waals surface area contributed by atoms with Crippen molar-refractivity contribution in [1.82, 2.24) is 4.90 Å². The van der Waals surface area contributed by atoms with Gasteiger partial charge in [-0.1, -0.05) is 42.8 Å². The zero-order chi connectivity index (χ0) is 17.1. The molecule has 0 N–H and O–H groups in total. The molecule has 1 amide bonds. The van der Waals surface area contributed by atoms with Gasteiger partial charge in [-0.3, -0.25) is 4.79 Å². The van der Waals surface area contributed by atoms with Gasteiger partial charge in [0.05, 0.1) is 0 Å². The van der Waals surface area contributed by atoms with E-state index in [1.54, 1.807) is 6.07 Å². The van der Waals surface area contributed by atoms with Crippen LogP contribution < -0.4 is 4.74 Å². The van der Waals surface area contributed by atoms with Crippen molar-refractivity contribution in [3.63, 3.8) is 0 Å². The van der Waals surface area contributed by atoms with Crippen LogP contribution in [0.25, 0.3) is 0 Å². The summed E-state index contributed by atoms with van der Waals surface area (Å²) in [4.78, 5) is 14.8. The summed E-state index contributed by atoms with van der Waals surface area (Å²) in [5, 5.41) is 0.703. The molecule has 1 atom stereocenters. The third kappa shape index (κ3) is 3.57. The quantitative estimate of drug-likeness (QED) is 0.824. The number of aryl methyl sites for hydroxylation is 1. The third-order valence-corrected chi connectivity index (χ3v) is 4.92. The molecule has 24 heavy (non-hydrogen) atoms. The molecule has 0 radical (unpaired) electrons. The van der Waals surface area contributed by atoms with Gasteiger partial charge >= 0.3 is 0 Å². The summed E-state index contributed by atoms with van der Waals surface area (Å²) in [6, 6.07) is 13.8. The van der Waals surface area contributed by atoms with Gasteiger partial charge in [0.25, 0.3) is 5.91 Å². The number of carbonyl (C=O) groups excluding carboxylic acids is 1. The van der Waals surface area contributed by atoms with Gasteiger partial charge in [0.15, 0.2) is 6.10 Å². The minimum Gasteiger partial charge on any atom is -0.481 e. The molecule has 2 aromatic carbocycles. The van der Waals surface area contributed by atoms with Gasteiger partial charge in [-0.2, -0.15) is 0 Å². The van der Waals surface area contributed by atoms with Crippen molar-refractivity contribution in [3.8, 4) is 5.75 Å². The van der Waals surface area contributed by atoms with Gasteiger partial charge in [0.2, 0.25) is 0 Å². The fourth-order valence-corrected chi connectivity index (χ4v) is 3.17. The maximum atomic E-state index is 12.9. The highest BCUT2D eigenvalue weighted by Gasteiger charge is 2.27. The molecule has 3 rings (SSSR count). The highest BCUT2D eigenvalue weighted by molar-refractivity contribution is 6.31. The number of benzene rings is 2. The van der Waals surface area contributed by atoms with Gasteiger partial charge in [0, 0.05) is 18.1 Å². The molecule has 2 aromatic rings. The third-order valence-electron chi connectivity index (χ3n) is 4.50. The predicted octanol–water partition coefficient (Wildman–Crippen LogP) is 4.39. The number of nitrogens with zero attached hydrogens (tertiary/aromatic N) is 1. The maximum absolute atomic E-state index is 12.9. The lowest BCUT2D eigenvalue weighted by atomic mass is 9.99. The van der Waals surface area contributed by atoms with E-state index in [2.05, 4.69) is 18.2 Å². The lowest BCUT2D eigenvalue weighted by Gasteiger charge is -2.31. The highest BCUT2D eigenvalue weighted by Crippen LogP contribution is 2.24. The summed E-state index contributed by atoms with van der Waals surface area (Å²) in [6.07, 6.45) is 1.08. The number of halogens is 1. The molecular weight excluding hydrogens is 322 g/mol. The zero-order valence-corrected chi connectivity index (χ0v) is 14.8. The van der Waals surface area contributed by atoms with Crippen LogP contribution in [0.4, 0.5) is 0 Å². The number of hydrogen-bond acceptors (Lipinski definition) is 2. The average molecular weight is 344 g/mol. The smallest absolute Gasteiger partial charge is 0.263 e. The van der Waals surface area contributed by atoms with Gasteiger partial charge in [0.1, 0.15) is 5.75 Å². The normalized spacial score (nSPS) is 14.9. The summed E-state index contributed by atoms with van der Waals surface area (Å²) in [6.45, 7) is 5.31. The van der Waals surface area contributed by atoms with E-state index in [-0.39, 0.29) is 5.91 Å². The Morgan fingerprint density at radius 2 is 2.00 bits per heavy atom. The molecule has 1 aliphatic rings. The van der Waals surface area contributed by atoms with Crippen LogP contribution in [0.1, 0.15) is 30.0 Å². The molecule has 0 saturated heterocycles. The summed E-state index contributed by atoms with van der Waals surface area (Å²) in [5.74, 6) is 0.745. The molecule has 0 spiro atoms. The van der Waals surface area contributed by atoms with E-state index in [1.807, 2.05) is 36.9 Å². The number of hydrogen-bond donors (Lipinski definition) is 0. The Bertz CT molecular complexity index is 744. The van der Waals surface area contributed by atoms with Crippen LogP contribution in [0.3, 0.4) is 0 Å². The van der Waals surface area contributed by atoms with Gasteiger partial charge in [-0.15, -0.1) is 0 Å². The van der Waals surface area contributed by atoms with Crippen LogP contribution in [0.5, 0.6) is 5.75 Å². The monoisotopic (exact) mass is 343 g/mol. The second-order valence-electron chi connectivity index (χ2n) is 6.20. The Hall–Kier alpha value is -2.00. The van der Waals surface area contributed by atoms with E-state index in [0.29, 0.717) is 23.7 Å². The van der Waals surface area contributed by atoms with Crippen LogP contribution >= 0.6 is 11.6 Å². The second kappa shape index (κ2) is 7.27. The largest absolute Gasteiger partial charge is 0.481 e. The molecule has 126 valence electrons. The standard InChI is InChI=1S/C20H22ClNO2/c1-3-19(24-17-8-9-18(21)14(2)12-17)20(23)22-11-10-15-6-4-5-7-16(15)13-22/h4-9,12,19H,3,10-11,13H2,1-2H3/t19-/m0/s1. The van der Waals surface area contributed by atoms with Crippen LogP contribution in [-0.2, 0) is 17.8 Å². The van der Waals surface area contributed by atoms with E-state index < -0.39 is 6.10 Å². The summed E-state index contributed by atoms with van der Waals surface area (Å²) in [5.41, 5.74) is 3.52. The second-order valence-corrected chi connectivity index (χ2v) is 6.61. The number of fused-ring (bicyclic) bond motifs is 1. The molecule has 4 heteroatoms. The molecular formula is C20H22ClNO2. The minimum absolute atomic E-state index is 0.0552. The molecule has 0 fully saturated rings. The van der Waals surface area contributed by atoms with E-state index >= 15 is 0 Å². The van der Waals surface area contributed by atoms with Crippen molar-refractivity contribution < 1.29 is 9.53 Å². The minimum atomic E-state index is -0.462. The Kier molecular flexibility index (Phi) is 5.10. The van der Waals surface area contributed by atoms with E-state index in [9.17, 15) is 4.79 Å². The first kappa shape index (κ1) is 16.8. The molecule has 0 unspecified atom stereocenters. The van der Waals surface area contributed by atoms with Crippen molar-refractivity contribution in [2.24, 2.45) is 0 Å². The number of amides is 1. The number of carbonyl (C=O) groups is 1. The summed E-state index contributed by atoms with van der Waals surface area (Å²) >= 11 is 6.05. The summed E-state index contributed by atoms with van der Waals surface area (Å²) < 4.78 is 5.95. The molecule has 3 nitrogen and oxygen atoms in total. The molecule has 0 bridgehead atoms. The fraction of sp³-hybridized carbons (Fsp3) is 0.350. The van der Waals surface area contributed by atoms with E-state index in [4.69, 9.17) is 16.3 Å². The van der Waals surface area contributed by atoms with Crippen LogP contribution in [0, 0.1) is 6.92 Å². The first-order valence-corrected chi connectivity index (χ1v) is 8.74. The SMILES string of the molecule is CC[C@H](Oc1ccc(Cl)c(C)c1)C(=O)N1CCc2ccccc2C1. The first-order chi connectivity index (χ1) is 11.6. The molecule has 1 heterocycles. The van der Waals surface area contributed by atoms with Crippen molar-refractivity contribution >= 4 is 17.5 Å². The first-order valence-electron chi connectivity index (χ1n) is 8.37. The lowest BCUT2D eigenvalue weighted by Crippen LogP contribution is -2.44. The predicted molar refractivity (Wildman–Crippen MR) is 96.5 cm³/mol. The summed E-state index contributed by atoms with van der Waals surface area (Å²) in [7, 11) is 0. The average Bonchev–Trinajstić information content (AvgIpc) is 2.61. The van der Waals surface area contributed by atoms with E-state index in [0.717, 1.165) is 18.5 Å². The Morgan fingerprint density at radius 3 is 2.71 bits per heavy atom. The van der Waals surface area contributed by atoms with Crippen molar-refractivity contribution in [2.75, 3.05) is 6.54 Å². The molecule has 0 aromatic heterocycles. The maximum Gasteiger partial charge on any atom is 0.263 e.